The van der Waals surface area contributed by atoms with Gasteiger partial charge in [0.05, 0.1) is 0 Å². The highest BCUT2D eigenvalue weighted by molar-refractivity contribution is 5.80. The zero-order valence-electron chi connectivity index (χ0n) is 6.82. The summed E-state index contributed by atoms with van der Waals surface area (Å²) < 4.78 is 6.78. The molecule has 12 heavy (non-hydrogen) atoms. The van der Waals surface area contributed by atoms with E-state index in [1.54, 1.807) is 0 Å². The zero-order chi connectivity index (χ0) is 8.55. The Balaban J connectivity index is 2.78. The second kappa shape index (κ2) is 2.52. The molecule has 0 saturated heterocycles. The van der Waals surface area contributed by atoms with Crippen LogP contribution in [0.15, 0.2) is 28.8 Å². The van der Waals surface area contributed by atoms with Crippen LogP contribution in [0, 0.1) is 0 Å². The SMILES string of the molecule is CC[n+]1oc2ccccc2c1O. The van der Waals surface area contributed by atoms with E-state index in [0.717, 1.165) is 11.0 Å². The molecule has 1 heterocycles. The Morgan fingerprint density at radius 3 is 2.83 bits per heavy atom. The minimum atomic E-state index is 0.202. The summed E-state index contributed by atoms with van der Waals surface area (Å²) >= 11 is 0. The quantitative estimate of drug-likeness (QED) is 0.647. The number of para-hydroxylation sites is 1. The van der Waals surface area contributed by atoms with Crippen molar-refractivity contribution < 1.29 is 14.4 Å². The van der Waals surface area contributed by atoms with E-state index in [4.69, 9.17) is 4.52 Å². The molecular formula is C9H10NO2+. The standard InChI is InChI=1S/C9H9NO2/c1-2-10-9(11)7-5-3-4-6-8(7)12-10/h3-6H,2H2,1H3/p+1. The lowest BCUT2D eigenvalue weighted by molar-refractivity contribution is -0.860. The van der Waals surface area contributed by atoms with Crippen LogP contribution in [0.1, 0.15) is 6.92 Å². The van der Waals surface area contributed by atoms with Crippen molar-refractivity contribution in [2.24, 2.45) is 0 Å². The van der Waals surface area contributed by atoms with Crippen molar-refractivity contribution in [3.63, 3.8) is 0 Å². The highest BCUT2D eigenvalue weighted by atomic mass is 16.5. The molecule has 3 heteroatoms. The molecule has 1 aromatic carbocycles. The van der Waals surface area contributed by atoms with Crippen molar-refractivity contribution in [3.05, 3.63) is 24.3 Å². The van der Waals surface area contributed by atoms with E-state index in [-0.39, 0.29) is 5.88 Å². The van der Waals surface area contributed by atoms with Crippen LogP contribution < -0.4 is 4.74 Å². The van der Waals surface area contributed by atoms with Crippen LogP contribution in [-0.2, 0) is 6.54 Å². The van der Waals surface area contributed by atoms with E-state index in [2.05, 4.69) is 0 Å². The Kier molecular flexibility index (Phi) is 1.50. The minimum Gasteiger partial charge on any atom is -0.456 e. The first-order chi connectivity index (χ1) is 5.83. The van der Waals surface area contributed by atoms with Gasteiger partial charge in [-0.2, -0.15) is 0 Å². The molecule has 0 aliphatic heterocycles. The molecule has 0 saturated carbocycles. The largest absolute Gasteiger partial charge is 0.456 e. The fourth-order valence-corrected chi connectivity index (χ4v) is 1.24. The first-order valence-corrected chi connectivity index (χ1v) is 3.93. The smallest absolute Gasteiger partial charge is 0.420 e. The molecule has 2 aromatic rings. The molecule has 0 bridgehead atoms. The summed E-state index contributed by atoms with van der Waals surface area (Å²) in [5, 5.41) is 10.3. The maximum absolute atomic E-state index is 9.56. The first-order valence-electron chi connectivity index (χ1n) is 3.93. The van der Waals surface area contributed by atoms with E-state index in [0.29, 0.717) is 6.54 Å². The molecule has 0 atom stereocenters. The van der Waals surface area contributed by atoms with Crippen LogP contribution in [0.25, 0.3) is 11.0 Å². The van der Waals surface area contributed by atoms with Gasteiger partial charge < -0.3 is 5.11 Å². The fourth-order valence-electron chi connectivity index (χ4n) is 1.24. The topological polar surface area (TPSA) is 37.2 Å². The van der Waals surface area contributed by atoms with Crippen LogP contribution in [0.5, 0.6) is 5.88 Å². The van der Waals surface area contributed by atoms with E-state index in [1.807, 2.05) is 31.2 Å². The Bertz CT molecular complexity index is 406. The second-order valence-electron chi connectivity index (χ2n) is 2.61. The lowest BCUT2D eigenvalue weighted by atomic mass is 10.3. The third-order valence-corrected chi connectivity index (χ3v) is 1.86. The van der Waals surface area contributed by atoms with Gasteiger partial charge in [0.2, 0.25) is 5.58 Å². The third-order valence-electron chi connectivity index (χ3n) is 1.86. The molecule has 1 N–H and O–H groups in total. The van der Waals surface area contributed by atoms with Gasteiger partial charge in [-0.05, 0) is 19.1 Å². The van der Waals surface area contributed by atoms with Crippen molar-refractivity contribution in [1.82, 2.24) is 0 Å². The normalized spacial score (nSPS) is 10.8. The molecule has 1 aromatic heterocycles. The number of hydrogen-bond donors (Lipinski definition) is 1. The van der Waals surface area contributed by atoms with Crippen molar-refractivity contribution in [3.8, 4) is 5.88 Å². The van der Waals surface area contributed by atoms with E-state index in [1.165, 1.54) is 4.74 Å². The average Bonchev–Trinajstić information content (AvgIpc) is 2.44. The highest BCUT2D eigenvalue weighted by Gasteiger charge is 2.18. The van der Waals surface area contributed by atoms with Gasteiger partial charge in [0.15, 0.2) is 6.54 Å². The molecule has 0 amide bonds. The Hall–Kier alpha value is -1.51. The summed E-state index contributed by atoms with van der Waals surface area (Å²) in [6, 6.07) is 7.42. The van der Waals surface area contributed by atoms with Crippen molar-refractivity contribution in [1.29, 1.82) is 0 Å². The Labute approximate surface area is 69.8 Å². The summed E-state index contributed by atoms with van der Waals surface area (Å²) in [6.07, 6.45) is 0. The van der Waals surface area contributed by atoms with E-state index < -0.39 is 0 Å². The third kappa shape index (κ3) is 0.863. The van der Waals surface area contributed by atoms with Crippen LogP contribution in [0.4, 0.5) is 0 Å². The van der Waals surface area contributed by atoms with Crippen LogP contribution in [0.3, 0.4) is 0 Å². The predicted octanol–water partition coefficient (Wildman–Crippen LogP) is 1.45. The predicted molar refractivity (Wildman–Crippen MR) is 43.7 cm³/mol. The van der Waals surface area contributed by atoms with E-state index in [9.17, 15) is 5.11 Å². The van der Waals surface area contributed by atoms with Gasteiger partial charge >= 0.3 is 5.88 Å². The Morgan fingerprint density at radius 1 is 1.42 bits per heavy atom. The van der Waals surface area contributed by atoms with Crippen LogP contribution in [0.2, 0.25) is 0 Å². The summed E-state index contributed by atoms with van der Waals surface area (Å²) in [5.74, 6) is 0.202. The number of aromatic nitrogens is 1. The number of benzene rings is 1. The van der Waals surface area contributed by atoms with Crippen molar-refractivity contribution in [2.75, 3.05) is 0 Å². The molecule has 0 fully saturated rings. The summed E-state index contributed by atoms with van der Waals surface area (Å²) in [6.45, 7) is 2.56. The lowest BCUT2D eigenvalue weighted by Crippen LogP contribution is -2.28. The van der Waals surface area contributed by atoms with Gasteiger partial charge in [-0.3, -0.25) is 0 Å². The fraction of sp³-hybridized carbons (Fsp3) is 0.222. The maximum atomic E-state index is 9.56. The number of aryl methyl sites for hydroxylation is 1. The number of aromatic hydroxyl groups is 1. The maximum Gasteiger partial charge on any atom is 0.420 e. The molecule has 0 spiro atoms. The monoisotopic (exact) mass is 164 g/mol. The molecule has 0 aliphatic carbocycles. The van der Waals surface area contributed by atoms with Crippen molar-refractivity contribution >= 4 is 11.0 Å². The number of fused-ring (bicyclic) bond motifs is 1. The summed E-state index contributed by atoms with van der Waals surface area (Å²) in [7, 11) is 0. The van der Waals surface area contributed by atoms with Gasteiger partial charge in [0.1, 0.15) is 5.39 Å². The second-order valence-corrected chi connectivity index (χ2v) is 2.61. The highest BCUT2D eigenvalue weighted by Crippen LogP contribution is 2.20. The summed E-state index contributed by atoms with van der Waals surface area (Å²) in [4.78, 5) is 0. The molecular weight excluding hydrogens is 154 g/mol. The van der Waals surface area contributed by atoms with Crippen LogP contribution in [-0.4, -0.2) is 5.11 Å². The number of rotatable bonds is 1. The number of nitrogens with zero attached hydrogens (tertiary/aromatic N) is 1. The van der Waals surface area contributed by atoms with Gasteiger partial charge in [-0.25, -0.2) is 4.52 Å². The molecule has 62 valence electrons. The van der Waals surface area contributed by atoms with E-state index >= 15 is 0 Å². The molecule has 3 nitrogen and oxygen atoms in total. The molecule has 0 unspecified atom stereocenters. The van der Waals surface area contributed by atoms with Gasteiger partial charge in [-0.1, -0.05) is 12.1 Å². The van der Waals surface area contributed by atoms with Gasteiger partial charge in [0, 0.05) is 4.74 Å². The van der Waals surface area contributed by atoms with Crippen LogP contribution >= 0.6 is 0 Å². The number of hydrogen-bond acceptors (Lipinski definition) is 2. The zero-order valence-corrected chi connectivity index (χ0v) is 6.82. The molecule has 2 rings (SSSR count). The molecule has 0 radical (unpaired) electrons. The Morgan fingerprint density at radius 2 is 2.17 bits per heavy atom. The van der Waals surface area contributed by atoms with Crippen molar-refractivity contribution in [2.45, 2.75) is 13.5 Å². The average molecular weight is 164 g/mol. The lowest BCUT2D eigenvalue weighted by Gasteiger charge is -1.79. The first kappa shape index (κ1) is 7.16. The van der Waals surface area contributed by atoms with Gasteiger partial charge in [-0.15, -0.1) is 0 Å². The molecule has 0 aliphatic rings. The van der Waals surface area contributed by atoms with Gasteiger partial charge in [0.25, 0.3) is 0 Å². The summed E-state index contributed by atoms with van der Waals surface area (Å²) in [5.41, 5.74) is 0.719. The minimum absolute atomic E-state index is 0.202.